The molecule has 1 saturated carbocycles. The van der Waals surface area contributed by atoms with E-state index in [1.165, 1.54) is 6.07 Å². The smallest absolute Gasteiger partial charge is 0.405 e. The summed E-state index contributed by atoms with van der Waals surface area (Å²) >= 11 is 6.02. The molecule has 1 aliphatic rings. The molecule has 0 radical (unpaired) electrons. The van der Waals surface area contributed by atoms with Crippen LogP contribution in [0.4, 0.5) is 10.5 Å². The van der Waals surface area contributed by atoms with Gasteiger partial charge >= 0.3 is 6.09 Å². The van der Waals surface area contributed by atoms with Crippen LogP contribution in [0.25, 0.3) is 0 Å². The predicted molar refractivity (Wildman–Crippen MR) is 97.6 cm³/mol. The maximum Gasteiger partial charge on any atom is 0.405 e. The highest BCUT2D eigenvalue weighted by Crippen LogP contribution is 2.33. The summed E-state index contributed by atoms with van der Waals surface area (Å²) in [6.07, 6.45) is 0.317. The van der Waals surface area contributed by atoms with E-state index in [1.807, 2.05) is 0 Å². The first-order valence-corrected chi connectivity index (χ1v) is 8.53. The van der Waals surface area contributed by atoms with Crippen LogP contribution in [0.1, 0.15) is 28.8 Å². The molecule has 0 saturated heterocycles. The third kappa shape index (κ3) is 4.21. The molecule has 2 aromatic rings. The maximum absolute atomic E-state index is 12.8. The SMILES string of the molecule is O=C(O)NC(C(=O)Nc1ccc(Cl)cc1C(=O)c1ccccc1)C1CC1. The van der Waals surface area contributed by atoms with E-state index in [2.05, 4.69) is 10.6 Å². The van der Waals surface area contributed by atoms with Gasteiger partial charge in [0.1, 0.15) is 6.04 Å². The summed E-state index contributed by atoms with van der Waals surface area (Å²) in [7, 11) is 0. The number of benzene rings is 2. The van der Waals surface area contributed by atoms with Gasteiger partial charge in [-0.25, -0.2) is 4.79 Å². The zero-order valence-corrected chi connectivity index (χ0v) is 14.5. The summed E-state index contributed by atoms with van der Waals surface area (Å²) in [5.41, 5.74) is 1.01. The van der Waals surface area contributed by atoms with E-state index >= 15 is 0 Å². The van der Waals surface area contributed by atoms with Gasteiger partial charge in [-0.15, -0.1) is 0 Å². The topological polar surface area (TPSA) is 95.5 Å². The van der Waals surface area contributed by atoms with Crippen molar-refractivity contribution in [1.29, 1.82) is 0 Å². The molecule has 26 heavy (non-hydrogen) atoms. The first-order chi connectivity index (χ1) is 12.5. The van der Waals surface area contributed by atoms with Crippen LogP contribution < -0.4 is 10.6 Å². The number of carboxylic acid groups (broad SMARTS) is 1. The van der Waals surface area contributed by atoms with Crippen molar-refractivity contribution in [2.24, 2.45) is 5.92 Å². The fourth-order valence-corrected chi connectivity index (χ4v) is 2.90. The molecule has 0 heterocycles. The fourth-order valence-electron chi connectivity index (χ4n) is 2.73. The number of anilines is 1. The van der Waals surface area contributed by atoms with E-state index in [9.17, 15) is 14.4 Å². The lowest BCUT2D eigenvalue weighted by Crippen LogP contribution is -2.44. The molecule has 3 N–H and O–H groups in total. The summed E-state index contributed by atoms with van der Waals surface area (Å²) in [6.45, 7) is 0. The van der Waals surface area contributed by atoms with Crippen LogP contribution in [0.5, 0.6) is 0 Å². The minimum Gasteiger partial charge on any atom is -0.465 e. The molecule has 1 fully saturated rings. The van der Waals surface area contributed by atoms with Gasteiger partial charge in [0.2, 0.25) is 5.91 Å². The standard InChI is InChI=1S/C19H17ClN2O4/c20-13-8-9-15(14(10-13)17(23)12-4-2-1-3-5-12)21-18(24)16(11-6-7-11)22-19(25)26/h1-5,8-11,16,22H,6-7H2,(H,21,24)(H,25,26). The minimum absolute atomic E-state index is 0.0216. The Morgan fingerprint density at radius 1 is 1.08 bits per heavy atom. The van der Waals surface area contributed by atoms with Gasteiger partial charge in [0.05, 0.1) is 5.69 Å². The number of nitrogens with one attached hydrogen (secondary N) is 2. The van der Waals surface area contributed by atoms with Crippen LogP contribution in [0.15, 0.2) is 48.5 Å². The molecule has 134 valence electrons. The van der Waals surface area contributed by atoms with Crippen molar-refractivity contribution >= 4 is 35.1 Å². The van der Waals surface area contributed by atoms with E-state index in [4.69, 9.17) is 16.7 Å². The lowest BCUT2D eigenvalue weighted by molar-refractivity contribution is -0.118. The highest BCUT2D eigenvalue weighted by Gasteiger charge is 2.37. The van der Waals surface area contributed by atoms with Crippen LogP contribution in [0.3, 0.4) is 0 Å². The van der Waals surface area contributed by atoms with Crippen molar-refractivity contribution < 1.29 is 19.5 Å². The lowest BCUT2D eigenvalue weighted by atomic mass is 10.0. The molecule has 0 spiro atoms. The quantitative estimate of drug-likeness (QED) is 0.675. The molecule has 2 amide bonds. The Bertz CT molecular complexity index is 850. The highest BCUT2D eigenvalue weighted by molar-refractivity contribution is 6.31. The number of hydrogen-bond donors (Lipinski definition) is 3. The number of ketones is 1. The second kappa shape index (κ2) is 7.58. The third-order valence-corrected chi connectivity index (χ3v) is 4.41. The first-order valence-electron chi connectivity index (χ1n) is 8.15. The molecule has 3 rings (SSSR count). The number of carbonyl (C=O) groups is 3. The molecule has 6 nitrogen and oxygen atoms in total. The Morgan fingerprint density at radius 3 is 2.38 bits per heavy atom. The summed E-state index contributed by atoms with van der Waals surface area (Å²) < 4.78 is 0. The lowest BCUT2D eigenvalue weighted by Gasteiger charge is -2.17. The van der Waals surface area contributed by atoms with Crippen molar-refractivity contribution in [3.8, 4) is 0 Å². The third-order valence-electron chi connectivity index (χ3n) is 4.17. The summed E-state index contributed by atoms with van der Waals surface area (Å²) in [4.78, 5) is 36.3. The van der Waals surface area contributed by atoms with E-state index in [-0.39, 0.29) is 17.3 Å². The Hall–Kier alpha value is -2.86. The van der Waals surface area contributed by atoms with Gasteiger partial charge in [0, 0.05) is 16.1 Å². The molecule has 1 aliphatic carbocycles. The van der Waals surface area contributed by atoms with Crippen molar-refractivity contribution in [2.75, 3.05) is 5.32 Å². The van der Waals surface area contributed by atoms with Crippen molar-refractivity contribution in [2.45, 2.75) is 18.9 Å². The number of amides is 2. The van der Waals surface area contributed by atoms with Crippen molar-refractivity contribution in [3.05, 3.63) is 64.7 Å². The molecule has 0 aliphatic heterocycles. The van der Waals surface area contributed by atoms with Crippen LogP contribution in [0, 0.1) is 5.92 Å². The molecule has 2 aromatic carbocycles. The minimum atomic E-state index is -1.26. The average Bonchev–Trinajstić information content (AvgIpc) is 3.46. The largest absolute Gasteiger partial charge is 0.465 e. The van der Waals surface area contributed by atoms with Gasteiger partial charge in [-0.05, 0) is 37.0 Å². The van der Waals surface area contributed by atoms with Gasteiger partial charge in [-0.3, -0.25) is 9.59 Å². The zero-order chi connectivity index (χ0) is 18.7. The average molecular weight is 373 g/mol. The number of rotatable bonds is 6. The second-order valence-corrected chi connectivity index (χ2v) is 6.58. The summed E-state index contributed by atoms with van der Waals surface area (Å²) in [6, 6.07) is 12.4. The van der Waals surface area contributed by atoms with Crippen LogP contribution in [-0.2, 0) is 4.79 Å². The predicted octanol–water partition coefficient (Wildman–Crippen LogP) is 3.56. The van der Waals surface area contributed by atoms with Gasteiger partial charge in [0.25, 0.3) is 0 Å². The Balaban J connectivity index is 1.87. The molecular formula is C19H17ClN2O4. The Morgan fingerprint density at radius 2 is 1.77 bits per heavy atom. The van der Waals surface area contributed by atoms with Gasteiger partial charge in [-0.1, -0.05) is 41.9 Å². The van der Waals surface area contributed by atoms with Gasteiger partial charge < -0.3 is 15.7 Å². The highest BCUT2D eigenvalue weighted by atomic mass is 35.5. The van der Waals surface area contributed by atoms with Crippen LogP contribution >= 0.6 is 11.6 Å². The molecule has 0 aromatic heterocycles. The monoisotopic (exact) mass is 372 g/mol. The van der Waals surface area contributed by atoms with E-state index in [0.29, 0.717) is 16.3 Å². The fraction of sp³-hybridized carbons (Fsp3) is 0.211. The Kier molecular flexibility index (Phi) is 5.23. The Labute approximate surface area is 155 Å². The van der Waals surface area contributed by atoms with E-state index in [1.54, 1.807) is 42.5 Å². The normalized spacial score (nSPS) is 14.3. The zero-order valence-electron chi connectivity index (χ0n) is 13.7. The molecule has 7 heteroatoms. The van der Waals surface area contributed by atoms with Gasteiger partial charge in [0.15, 0.2) is 5.78 Å². The van der Waals surface area contributed by atoms with Gasteiger partial charge in [-0.2, -0.15) is 0 Å². The molecular weight excluding hydrogens is 356 g/mol. The summed E-state index contributed by atoms with van der Waals surface area (Å²) in [5.74, 6) is -0.788. The van der Waals surface area contributed by atoms with Crippen molar-refractivity contribution in [3.63, 3.8) is 0 Å². The molecule has 0 bridgehead atoms. The van der Waals surface area contributed by atoms with Crippen molar-refractivity contribution in [1.82, 2.24) is 5.32 Å². The number of carbonyl (C=O) groups excluding carboxylic acids is 2. The van der Waals surface area contributed by atoms with E-state index in [0.717, 1.165) is 12.8 Å². The summed E-state index contributed by atoms with van der Waals surface area (Å²) in [5, 5.41) is 14.2. The van der Waals surface area contributed by atoms with E-state index < -0.39 is 18.0 Å². The molecule has 1 atom stereocenters. The van der Waals surface area contributed by atoms with Crippen LogP contribution in [0.2, 0.25) is 5.02 Å². The molecule has 1 unspecified atom stereocenters. The second-order valence-electron chi connectivity index (χ2n) is 6.14. The maximum atomic E-state index is 12.8. The van der Waals surface area contributed by atoms with Crippen LogP contribution in [-0.4, -0.2) is 28.9 Å². The first kappa shape index (κ1) is 17.9. The number of hydrogen-bond acceptors (Lipinski definition) is 3. The number of halogens is 1.